The van der Waals surface area contributed by atoms with Crippen molar-refractivity contribution in [2.45, 2.75) is 57.5 Å². The molecule has 0 aliphatic heterocycles. The molecule has 0 saturated carbocycles. The zero-order valence-electron chi connectivity index (χ0n) is 9.25. The Hall–Kier alpha value is 0.700. The second kappa shape index (κ2) is 9.26. The molecular weight excluding hydrogens is 196 g/mol. The van der Waals surface area contributed by atoms with E-state index in [-0.39, 0.29) is 0 Å². The number of unbranched alkanes of at least 4 members (excludes halogenated alkanes) is 1. The molecule has 0 amide bonds. The Labute approximate surface area is 93.7 Å². The fraction of sp³-hybridized carbons (Fsp3) is 1.00. The van der Waals surface area contributed by atoms with E-state index in [4.69, 9.17) is 0 Å². The monoisotopic (exact) mass is 220 g/mol. The molecule has 0 aromatic heterocycles. The van der Waals surface area contributed by atoms with Crippen LogP contribution in [-0.4, -0.2) is 10.3 Å². The molecular formula is C11H24S2. The minimum atomic E-state index is 0.552. The van der Waals surface area contributed by atoms with Crippen molar-refractivity contribution in [1.29, 1.82) is 0 Å². The van der Waals surface area contributed by atoms with Gasteiger partial charge in [-0.25, -0.2) is 0 Å². The largest absolute Gasteiger partial charge is 0.165 e. The molecule has 0 bridgehead atoms. The summed E-state index contributed by atoms with van der Waals surface area (Å²) in [5.74, 6) is 2.23. The molecule has 0 heterocycles. The van der Waals surface area contributed by atoms with E-state index in [1.165, 1.54) is 37.9 Å². The average molecular weight is 220 g/mol. The first kappa shape index (κ1) is 13.7. The van der Waals surface area contributed by atoms with E-state index in [1.807, 2.05) is 11.8 Å². The summed E-state index contributed by atoms with van der Waals surface area (Å²) in [5, 5.41) is 0. The van der Waals surface area contributed by atoms with E-state index in [0.29, 0.717) is 4.58 Å². The normalized spacial score (nSPS) is 15.7. The van der Waals surface area contributed by atoms with E-state index < -0.39 is 0 Å². The third-order valence-electron chi connectivity index (χ3n) is 2.42. The third kappa shape index (κ3) is 7.75. The van der Waals surface area contributed by atoms with Crippen LogP contribution in [0.3, 0.4) is 0 Å². The van der Waals surface area contributed by atoms with Crippen molar-refractivity contribution in [2.24, 2.45) is 5.92 Å². The van der Waals surface area contributed by atoms with Crippen molar-refractivity contribution < 1.29 is 0 Å². The van der Waals surface area contributed by atoms with Crippen molar-refractivity contribution in [3.8, 4) is 0 Å². The summed E-state index contributed by atoms with van der Waals surface area (Å²) in [6.07, 6.45) is 6.64. The van der Waals surface area contributed by atoms with Crippen molar-refractivity contribution in [3.05, 3.63) is 0 Å². The van der Waals surface area contributed by atoms with Gasteiger partial charge in [0.25, 0.3) is 0 Å². The van der Waals surface area contributed by atoms with Gasteiger partial charge in [-0.3, -0.25) is 0 Å². The maximum absolute atomic E-state index is 4.50. The van der Waals surface area contributed by atoms with Crippen LogP contribution in [0, 0.1) is 5.92 Å². The molecule has 0 N–H and O–H groups in total. The molecule has 2 heteroatoms. The molecule has 0 aromatic rings. The van der Waals surface area contributed by atoms with E-state index in [2.05, 4.69) is 33.4 Å². The summed E-state index contributed by atoms with van der Waals surface area (Å²) < 4.78 is 0.552. The molecule has 0 nitrogen and oxygen atoms in total. The Kier molecular flexibility index (Phi) is 9.76. The lowest BCUT2D eigenvalue weighted by molar-refractivity contribution is 0.499. The van der Waals surface area contributed by atoms with Crippen molar-refractivity contribution in [3.63, 3.8) is 0 Å². The molecule has 0 rings (SSSR count). The van der Waals surface area contributed by atoms with Crippen LogP contribution >= 0.6 is 24.4 Å². The Morgan fingerprint density at radius 3 is 2.31 bits per heavy atom. The zero-order chi connectivity index (χ0) is 10.1. The van der Waals surface area contributed by atoms with Gasteiger partial charge in [0.1, 0.15) is 0 Å². The van der Waals surface area contributed by atoms with Crippen molar-refractivity contribution in [1.82, 2.24) is 0 Å². The third-order valence-corrected chi connectivity index (χ3v) is 4.61. The molecule has 13 heavy (non-hydrogen) atoms. The molecule has 0 saturated heterocycles. The summed E-state index contributed by atoms with van der Waals surface area (Å²) in [5.41, 5.74) is 0. The molecule has 80 valence electrons. The van der Waals surface area contributed by atoms with Crippen LogP contribution in [0.4, 0.5) is 0 Å². The van der Waals surface area contributed by atoms with Gasteiger partial charge in [-0.05, 0) is 24.5 Å². The first-order chi connectivity index (χ1) is 6.24. The van der Waals surface area contributed by atoms with Crippen molar-refractivity contribution in [2.75, 3.05) is 5.75 Å². The summed E-state index contributed by atoms with van der Waals surface area (Å²) in [4.78, 5) is 0. The van der Waals surface area contributed by atoms with Gasteiger partial charge in [-0.15, -0.1) is 11.8 Å². The SMILES string of the molecule is CCCCC(CC)CSC(S)CC. The maximum Gasteiger partial charge on any atom is 0.0469 e. The topological polar surface area (TPSA) is 0 Å². The Morgan fingerprint density at radius 1 is 1.15 bits per heavy atom. The second-order valence-electron chi connectivity index (χ2n) is 3.61. The number of thioether (sulfide) groups is 1. The molecule has 2 unspecified atom stereocenters. The number of hydrogen-bond donors (Lipinski definition) is 1. The first-order valence-corrected chi connectivity index (χ1v) is 7.10. The lowest BCUT2D eigenvalue weighted by Gasteiger charge is -2.15. The van der Waals surface area contributed by atoms with Crippen LogP contribution in [0.1, 0.15) is 52.9 Å². The summed E-state index contributed by atoms with van der Waals surface area (Å²) in [7, 11) is 0. The van der Waals surface area contributed by atoms with Gasteiger partial charge in [0, 0.05) is 4.58 Å². The average Bonchev–Trinajstić information content (AvgIpc) is 2.17. The quantitative estimate of drug-likeness (QED) is 0.461. The van der Waals surface area contributed by atoms with Gasteiger partial charge in [0.15, 0.2) is 0 Å². The van der Waals surface area contributed by atoms with Gasteiger partial charge in [-0.2, -0.15) is 12.6 Å². The highest BCUT2D eigenvalue weighted by Gasteiger charge is 2.08. The molecule has 0 fully saturated rings. The number of rotatable bonds is 8. The van der Waals surface area contributed by atoms with Gasteiger partial charge in [0.05, 0.1) is 0 Å². The predicted octanol–water partition coefficient (Wildman–Crippen LogP) is 4.60. The summed E-state index contributed by atoms with van der Waals surface area (Å²) >= 11 is 6.52. The van der Waals surface area contributed by atoms with Crippen LogP contribution < -0.4 is 0 Å². The van der Waals surface area contributed by atoms with E-state index in [1.54, 1.807) is 0 Å². The molecule has 0 aliphatic rings. The Bertz CT molecular complexity index is 104. The molecule has 0 aliphatic carbocycles. The summed E-state index contributed by atoms with van der Waals surface area (Å²) in [6.45, 7) is 6.78. The molecule has 2 atom stereocenters. The Balaban J connectivity index is 3.46. The smallest absolute Gasteiger partial charge is 0.0469 e. The van der Waals surface area contributed by atoms with Crippen LogP contribution in [-0.2, 0) is 0 Å². The molecule has 0 spiro atoms. The lowest BCUT2D eigenvalue weighted by atomic mass is 10.0. The fourth-order valence-corrected chi connectivity index (χ4v) is 2.65. The highest BCUT2D eigenvalue weighted by molar-refractivity contribution is 8.10. The van der Waals surface area contributed by atoms with Crippen molar-refractivity contribution >= 4 is 24.4 Å². The van der Waals surface area contributed by atoms with Crippen LogP contribution in [0.15, 0.2) is 0 Å². The molecule has 0 radical (unpaired) electrons. The van der Waals surface area contributed by atoms with Gasteiger partial charge in [-0.1, -0.05) is 40.0 Å². The minimum Gasteiger partial charge on any atom is -0.165 e. The number of hydrogen-bond acceptors (Lipinski definition) is 2. The van der Waals surface area contributed by atoms with E-state index >= 15 is 0 Å². The lowest BCUT2D eigenvalue weighted by Crippen LogP contribution is -2.04. The van der Waals surface area contributed by atoms with Gasteiger partial charge >= 0.3 is 0 Å². The summed E-state index contributed by atoms with van der Waals surface area (Å²) in [6, 6.07) is 0. The maximum atomic E-state index is 4.50. The standard InChI is InChI=1S/C11H24S2/c1-4-7-8-10(5-2)9-13-11(12)6-3/h10-12H,4-9H2,1-3H3. The van der Waals surface area contributed by atoms with Crippen LogP contribution in [0.2, 0.25) is 0 Å². The van der Waals surface area contributed by atoms with Crippen LogP contribution in [0.25, 0.3) is 0 Å². The highest BCUT2D eigenvalue weighted by Crippen LogP contribution is 2.24. The minimum absolute atomic E-state index is 0.552. The van der Waals surface area contributed by atoms with Crippen LogP contribution in [0.5, 0.6) is 0 Å². The first-order valence-electron chi connectivity index (χ1n) is 5.54. The highest BCUT2D eigenvalue weighted by atomic mass is 32.2. The second-order valence-corrected chi connectivity index (χ2v) is 5.82. The van der Waals surface area contributed by atoms with E-state index in [9.17, 15) is 0 Å². The Morgan fingerprint density at radius 2 is 1.85 bits per heavy atom. The van der Waals surface area contributed by atoms with Gasteiger partial charge < -0.3 is 0 Å². The fourth-order valence-electron chi connectivity index (χ4n) is 1.26. The predicted molar refractivity (Wildman–Crippen MR) is 68.8 cm³/mol. The zero-order valence-corrected chi connectivity index (χ0v) is 11.0. The molecule has 0 aromatic carbocycles. The van der Waals surface area contributed by atoms with Gasteiger partial charge in [0.2, 0.25) is 0 Å². The number of thiol groups is 1. The van der Waals surface area contributed by atoms with E-state index in [0.717, 1.165) is 5.92 Å².